The van der Waals surface area contributed by atoms with E-state index in [1.165, 1.54) is 0 Å². The Kier molecular flexibility index (Phi) is 2.76. The minimum atomic E-state index is -4.41. The molecule has 2 unspecified atom stereocenters. The normalized spacial score (nSPS) is 34.1. The lowest BCUT2D eigenvalue weighted by Crippen LogP contribution is -2.46. The number of rotatable bonds is 1. The molecular formula is C8H11F3O3. The Morgan fingerprint density at radius 2 is 2.00 bits per heavy atom. The van der Waals surface area contributed by atoms with Gasteiger partial charge in [0.1, 0.15) is 0 Å². The van der Waals surface area contributed by atoms with Crippen LogP contribution in [0.5, 0.6) is 0 Å². The van der Waals surface area contributed by atoms with Crippen molar-refractivity contribution in [3.63, 3.8) is 0 Å². The van der Waals surface area contributed by atoms with Gasteiger partial charge in [0.15, 0.2) is 5.60 Å². The number of alkyl halides is 3. The van der Waals surface area contributed by atoms with Gasteiger partial charge in [-0.05, 0) is 25.7 Å². The van der Waals surface area contributed by atoms with Gasteiger partial charge in [-0.3, -0.25) is 0 Å². The Morgan fingerprint density at radius 3 is 2.43 bits per heavy atom. The molecule has 0 bridgehead atoms. The maximum atomic E-state index is 12.2. The Morgan fingerprint density at radius 1 is 1.43 bits per heavy atom. The Labute approximate surface area is 78.5 Å². The molecule has 0 aromatic heterocycles. The maximum Gasteiger partial charge on any atom is 0.391 e. The zero-order chi connectivity index (χ0) is 11.0. The van der Waals surface area contributed by atoms with Gasteiger partial charge >= 0.3 is 12.1 Å². The second-order valence-electron chi connectivity index (χ2n) is 3.67. The number of hydrogen-bond acceptors (Lipinski definition) is 2. The average Bonchev–Trinajstić information content (AvgIpc) is 2.02. The van der Waals surface area contributed by atoms with Crippen molar-refractivity contribution in [1.29, 1.82) is 0 Å². The number of halogens is 3. The highest BCUT2D eigenvalue weighted by Gasteiger charge is 2.50. The first-order valence-electron chi connectivity index (χ1n) is 4.28. The molecule has 1 fully saturated rings. The summed E-state index contributed by atoms with van der Waals surface area (Å²) in [5, 5.41) is 17.9. The molecule has 0 radical (unpaired) electrons. The molecule has 0 amide bonds. The van der Waals surface area contributed by atoms with Crippen LogP contribution < -0.4 is 0 Å². The molecule has 0 saturated heterocycles. The predicted octanol–water partition coefficient (Wildman–Crippen LogP) is 1.55. The van der Waals surface area contributed by atoms with Crippen LogP contribution in [0, 0.1) is 5.92 Å². The van der Waals surface area contributed by atoms with Crippen LogP contribution in [-0.4, -0.2) is 28.0 Å². The third kappa shape index (κ3) is 2.17. The molecule has 0 aromatic rings. The number of carboxylic acid groups (broad SMARTS) is 1. The fourth-order valence-corrected chi connectivity index (χ4v) is 1.73. The summed E-state index contributed by atoms with van der Waals surface area (Å²) in [7, 11) is 0. The molecule has 14 heavy (non-hydrogen) atoms. The summed E-state index contributed by atoms with van der Waals surface area (Å²) in [6.07, 6.45) is -5.25. The SMILES string of the molecule is O=C(O)C1(O)CCCC(C(F)(F)F)C1. The van der Waals surface area contributed by atoms with Gasteiger partial charge in [-0.2, -0.15) is 13.2 Å². The first-order chi connectivity index (χ1) is 6.26. The van der Waals surface area contributed by atoms with Gasteiger partial charge in [-0.25, -0.2) is 4.79 Å². The summed E-state index contributed by atoms with van der Waals surface area (Å²) < 4.78 is 36.7. The van der Waals surface area contributed by atoms with E-state index in [0.717, 1.165) is 0 Å². The first-order valence-corrected chi connectivity index (χ1v) is 4.28. The second kappa shape index (κ2) is 3.42. The van der Waals surface area contributed by atoms with Crippen LogP contribution in [0.15, 0.2) is 0 Å². The van der Waals surface area contributed by atoms with Crippen molar-refractivity contribution in [3.05, 3.63) is 0 Å². The summed E-state index contributed by atoms with van der Waals surface area (Å²) >= 11 is 0. The summed E-state index contributed by atoms with van der Waals surface area (Å²) in [5.41, 5.74) is -2.20. The van der Waals surface area contributed by atoms with Crippen molar-refractivity contribution in [2.45, 2.75) is 37.5 Å². The topological polar surface area (TPSA) is 57.5 Å². The fourth-order valence-electron chi connectivity index (χ4n) is 1.73. The smallest absolute Gasteiger partial charge is 0.391 e. The standard InChI is InChI=1S/C8H11F3O3/c9-8(10,11)5-2-1-3-7(14,4-5)6(12)13/h5,14H,1-4H2,(H,12,13). The van der Waals surface area contributed by atoms with E-state index >= 15 is 0 Å². The van der Waals surface area contributed by atoms with Crippen molar-refractivity contribution in [3.8, 4) is 0 Å². The van der Waals surface area contributed by atoms with Crippen LogP contribution in [0.25, 0.3) is 0 Å². The van der Waals surface area contributed by atoms with Crippen LogP contribution >= 0.6 is 0 Å². The molecule has 1 aliphatic carbocycles. The number of hydrogen-bond donors (Lipinski definition) is 2. The Bertz CT molecular complexity index is 238. The van der Waals surface area contributed by atoms with Crippen molar-refractivity contribution in [1.82, 2.24) is 0 Å². The van der Waals surface area contributed by atoms with Gasteiger partial charge in [0.2, 0.25) is 0 Å². The van der Waals surface area contributed by atoms with Gasteiger partial charge in [0.05, 0.1) is 5.92 Å². The molecular weight excluding hydrogens is 201 g/mol. The molecule has 2 N–H and O–H groups in total. The molecule has 1 aliphatic rings. The molecule has 0 spiro atoms. The first kappa shape index (κ1) is 11.3. The fraction of sp³-hybridized carbons (Fsp3) is 0.875. The number of carbonyl (C=O) groups is 1. The maximum absolute atomic E-state index is 12.2. The second-order valence-corrected chi connectivity index (χ2v) is 3.67. The zero-order valence-electron chi connectivity index (χ0n) is 7.34. The van der Waals surface area contributed by atoms with E-state index in [1.54, 1.807) is 0 Å². The van der Waals surface area contributed by atoms with Gasteiger partial charge < -0.3 is 10.2 Å². The van der Waals surface area contributed by atoms with E-state index in [1.807, 2.05) is 0 Å². The molecule has 0 heterocycles. The van der Waals surface area contributed by atoms with Crippen LogP contribution in [0.1, 0.15) is 25.7 Å². The minimum absolute atomic E-state index is 0.0903. The molecule has 0 aliphatic heterocycles. The Hall–Kier alpha value is -0.780. The quantitative estimate of drug-likeness (QED) is 0.693. The minimum Gasteiger partial charge on any atom is -0.479 e. The molecule has 6 heteroatoms. The van der Waals surface area contributed by atoms with Crippen molar-refractivity contribution in [2.24, 2.45) is 5.92 Å². The summed E-state index contributed by atoms with van der Waals surface area (Å²) in [6, 6.07) is 0. The third-order valence-corrected chi connectivity index (χ3v) is 2.59. The predicted molar refractivity (Wildman–Crippen MR) is 40.6 cm³/mol. The number of carboxylic acids is 1. The monoisotopic (exact) mass is 212 g/mol. The van der Waals surface area contributed by atoms with Crippen molar-refractivity contribution in [2.75, 3.05) is 0 Å². The van der Waals surface area contributed by atoms with E-state index in [-0.39, 0.29) is 19.3 Å². The molecule has 3 nitrogen and oxygen atoms in total. The van der Waals surface area contributed by atoms with Gasteiger partial charge in [0.25, 0.3) is 0 Å². The van der Waals surface area contributed by atoms with E-state index in [9.17, 15) is 23.1 Å². The zero-order valence-corrected chi connectivity index (χ0v) is 7.34. The number of aliphatic hydroxyl groups is 1. The van der Waals surface area contributed by atoms with Crippen LogP contribution in [0.2, 0.25) is 0 Å². The van der Waals surface area contributed by atoms with Crippen LogP contribution in [0.4, 0.5) is 13.2 Å². The highest BCUT2D eigenvalue weighted by Crippen LogP contribution is 2.41. The van der Waals surface area contributed by atoms with E-state index in [4.69, 9.17) is 5.11 Å². The molecule has 0 aromatic carbocycles. The van der Waals surface area contributed by atoms with E-state index in [2.05, 4.69) is 0 Å². The van der Waals surface area contributed by atoms with E-state index < -0.39 is 30.1 Å². The number of aliphatic carboxylic acids is 1. The lowest BCUT2D eigenvalue weighted by molar-refractivity contribution is -0.206. The highest BCUT2D eigenvalue weighted by molar-refractivity contribution is 5.77. The molecule has 2 atom stereocenters. The van der Waals surface area contributed by atoms with Crippen LogP contribution in [0.3, 0.4) is 0 Å². The molecule has 1 saturated carbocycles. The summed E-state index contributed by atoms with van der Waals surface area (Å²) in [4.78, 5) is 10.5. The lowest BCUT2D eigenvalue weighted by atomic mass is 9.78. The van der Waals surface area contributed by atoms with Crippen molar-refractivity contribution < 1.29 is 28.2 Å². The van der Waals surface area contributed by atoms with Gasteiger partial charge in [-0.15, -0.1) is 0 Å². The largest absolute Gasteiger partial charge is 0.479 e. The van der Waals surface area contributed by atoms with Crippen LogP contribution in [-0.2, 0) is 4.79 Å². The average molecular weight is 212 g/mol. The van der Waals surface area contributed by atoms with Gasteiger partial charge in [0, 0.05) is 0 Å². The lowest BCUT2D eigenvalue weighted by Gasteiger charge is -2.34. The van der Waals surface area contributed by atoms with E-state index in [0.29, 0.717) is 0 Å². The van der Waals surface area contributed by atoms with Gasteiger partial charge in [-0.1, -0.05) is 0 Å². The molecule has 1 rings (SSSR count). The van der Waals surface area contributed by atoms with Crippen molar-refractivity contribution >= 4 is 5.97 Å². The molecule has 82 valence electrons. The summed E-state index contributed by atoms with van der Waals surface area (Å²) in [6.45, 7) is 0. The summed E-state index contributed by atoms with van der Waals surface area (Å²) in [5.74, 6) is -3.26. The Balaban J connectivity index is 2.74. The highest BCUT2D eigenvalue weighted by atomic mass is 19.4. The third-order valence-electron chi connectivity index (χ3n) is 2.59.